The van der Waals surface area contributed by atoms with Crippen LogP contribution in [0.1, 0.15) is 24.8 Å². The van der Waals surface area contributed by atoms with Gasteiger partial charge in [-0.25, -0.2) is 4.52 Å². The highest BCUT2D eigenvalue weighted by Crippen LogP contribution is 2.18. The van der Waals surface area contributed by atoms with Gasteiger partial charge in [0, 0.05) is 24.2 Å². The largest absolute Gasteiger partial charge is 0.352 e. The molecule has 1 aliphatic carbocycles. The Kier molecular flexibility index (Phi) is 3.31. The average molecular weight is 255 g/mol. The van der Waals surface area contributed by atoms with Crippen LogP contribution >= 0.6 is 0 Å². The molecule has 98 valence electrons. The number of carbonyl (C=O) groups is 1. The fourth-order valence-electron chi connectivity index (χ4n) is 2.48. The van der Waals surface area contributed by atoms with Gasteiger partial charge in [0.05, 0.1) is 11.7 Å². The molecule has 0 spiro atoms. The van der Waals surface area contributed by atoms with E-state index in [2.05, 4.69) is 22.6 Å². The summed E-state index contributed by atoms with van der Waals surface area (Å²) in [6.07, 6.45) is 10.8. The number of rotatable bonds is 3. The lowest BCUT2D eigenvalue weighted by atomic mass is 9.93. The van der Waals surface area contributed by atoms with Crippen LogP contribution in [0.5, 0.6) is 0 Å². The van der Waals surface area contributed by atoms with E-state index in [1.54, 1.807) is 0 Å². The van der Waals surface area contributed by atoms with Crippen molar-refractivity contribution in [3.8, 4) is 0 Å². The van der Waals surface area contributed by atoms with E-state index in [0.717, 1.165) is 30.3 Å². The molecule has 0 saturated carbocycles. The van der Waals surface area contributed by atoms with Gasteiger partial charge in [0.1, 0.15) is 0 Å². The average Bonchev–Trinajstić information content (AvgIpc) is 2.89. The van der Waals surface area contributed by atoms with Crippen LogP contribution in [0, 0.1) is 5.92 Å². The van der Waals surface area contributed by atoms with Crippen LogP contribution in [0.2, 0.25) is 0 Å². The number of allylic oxidation sites excluding steroid dienone is 2. The Labute approximate surface area is 112 Å². The Balaban J connectivity index is 1.65. The molecule has 1 aliphatic rings. The molecule has 4 nitrogen and oxygen atoms in total. The summed E-state index contributed by atoms with van der Waals surface area (Å²) in [5.74, 6) is 0.284. The van der Waals surface area contributed by atoms with Crippen molar-refractivity contribution in [3.63, 3.8) is 0 Å². The number of amides is 1. The van der Waals surface area contributed by atoms with E-state index in [-0.39, 0.29) is 11.8 Å². The number of hydrogen-bond acceptors (Lipinski definition) is 2. The van der Waals surface area contributed by atoms with Crippen LogP contribution < -0.4 is 5.32 Å². The van der Waals surface area contributed by atoms with Crippen LogP contribution in [0.4, 0.5) is 0 Å². The molecule has 0 aliphatic heterocycles. The quantitative estimate of drug-likeness (QED) is 0.855. The zero-order valence-electron chi connectivity index (χ0n) is 10.7. The van der Waals surface area contributed by atoms with Crippen molar-refractivity contribution >= 4 is 11.4 Å². The van der Waals surface area contributed by atoms with E-state index in [4.69, 9.17) is 0 Å². The fraction of sp³-hybridized carbons (Fsp3) is 0.333. The molecule has 1 amide bonds. The van der Waals surface area contributed by atoms with Gasteiger partial charge in [-0.15, -0.1) is 0 Å². The third kappa shape index (κ3) is 2.52. The predicted octanol–water partition coefficient (Wildman–Crippen LogP) is 2.31. The lowest BCUT2D eigenvalue weighted by Gasteiger charge is -2.16. The summed E-state index contributed by atoms with van der Waals surface area (Å²) >= 11 is 0. The van der Waals surface area contributed by atoms with Crippen molar-refractivity contribution in [1.82, 2.24) is 14.9 Å². The first kappa shape index (κ1) is 12.0. The third-order valence-electron chi connectivity index (χ3n) is 3.60. The van der Waals surface area contributed by atoms with Crippen LogP contribution in [0.3, 0.4) is 0 Å². The summed E-state index contributed by atoms with van der Waals surface area (Å²) in [7, 11) is 0. The van der Waals surface area contributed by atoms with Crippen molar-refractivity contribution in [1.29, 1.82) is 0 Å². The lowest BCUT2D eigenvalue weighted by molar-refractivity contribution is -0.125. The maximum atomic E-state index is 12.1. The maximum Gasteiger partial charge on any atom is 0.223 e. The van der Waals surface area contributed by atoms with Gasteiger partial charge < -0.3 is 5.32 Å². The van der Waals surface area contributed by atoms with Gasteiger partial charge in [0.2, 0.25) is 5.91 Å². The molecule has 1 atom stereocenters. The number of nitrogens with zero attached hydrogens (tertiary/aromatic N) is 2. The Morgan fingerprint density at radius 1 is 1.42 bits per heavy atom. The minimum absolute atomic E-state index is 0.131. The van der Waals surface area contributed by atoms with Gasteiger partial charge in [0.15, 0.2) is 0 Å². The number of pyridine rings is 1. The first-order valence-corrected chi connectivity index (χ1v) is 6.68. The molecule has 1 N–H and O–H groups in total. The molecular weight excluding hydrogens is 238 g/mol. The fourth-order valence-corrected chi connectivity index (χ4v) is 2.48. The summed E-state index contributed by atoms with van der Waals surface area (Å²) in [6, 6.07) is 5.93. The molecule has 3 rings (SSSR count). The first-order valence-electron chi connectivity index (χ1n) is 6.68. The van der Waals surface area contributed by atoms with Crippen molar-refractivity contribution < 1.29 is 4.79 Å². The van der Waals surface area contributed by atoms with Gasteiger partial charge in [-0.05, 0) is 31.4 Å². The van der Waals surface area contributed by atoms with Crippen LogP contribution in [-0.4, -0.2) is 15.5 Å². The third-order valence-corrected chi connectivity index (χ3v) is 3.60. The molecule has 19 heavy (non-hydrogen) atoms. The smallest absolute Gasteiger partial charge is 0.223 e. The molecule has 0 saturated heterocycles. The summed E-state index contributed by atoms with van der Waals surface area (Å²) in [5.41, 5.74) is 2.10. The Morgan fingerprint density at radius 3 is 3.21 bits per heavy atom. The highest BCUT2D eigenvalue weighted by molar-refractivity contribution is 5.79. The number of aromatic nitrogens is 2. The second kappa shape index (κ2) is 5.26. The SMILES string of the molecule is O=C(NCc1cnn2ccccc12)C1CC=CCC1. The molecule has 0 radical (unpaired) electrons. The van der Waals surface area contributed by atoms with Gasteiger partial charge in [-0.2, -0.15) is 5.10 Å². The second-order valence-corrected chi connectivity index (χ2v) is 4.90. The Morgan fingerprint density at radius 2 is 2.37 bits per heavy atom. The number of fused-ring (bicyclic) bond motifs is 1. The monoisotopic (exact) mass is 255 g/mol. The summed E-state index contributed by atoms with van der Waals surface area (Å²) in [6.45, 7) is 0.548. The van der Waals surface area contributed by atoms with Crippen LogP contribution in [0.25, 0.3) is 5.52 Å². The normalized spacial score (nSPS) is 18.6. The molecule has 2 aromatic heterocycles. The molecule has 4 heteroatoms. The zero-order valence-corrected chi connectivity index (χ0v) is 10.7. The van der Waals surface area contributed by atoms with Crippen LogP contribution in [0.15, 0.2) is 42.7 Å². The zero-order chi connectivity index (χ0) is 13.1. The minimum atomic E-state index is 0.131. The van der Waals surface area contributed by atoms with E-state index in [0.29, 0.717) is 6.54 Å². The number of hydrogen-bond donors (Lipinski definition) is 1. The van der Waals surface area contributed by atoms with Gasteiger partial charge in [-0.3, -0.25) is 4.79 Å². The predicted molar refractivity (Wildman–Crippen MR) is 73.5 cm³/mol. The maximum absolute atomic E-state index is 12.1. The van der Waals surface area contributed by atoms with E-state index >= 15 is 0 Å². The molecule has 0 bridgehead atoms. The minimum Gasteiger partial charge on any atom is -0.352 e. The Bertz CT molecular complexity index is 615. The van der Waals surface area contributed by atoms with Gasteiger partial charge >= 0.3 is 0 Å². The lowest BCUT2D eigenvalue weighted by Crippen LogP contribution is -2.30. The highest BCUT2D eigenvalue weighted by atomic mass is 16.1. The molecule has 0 fully saturated rings. The van der Waals surface area contributed by atoms with Crippen molar-refractivity contribution in [2.45, 2.75) is 25.8 Å². The molecule has 2 heterocycles. The summed E-state index contributed by atoms with van der Waals surface area (Å²) in [5, 5.41) is 7.28. The van der Waals surface area contributed by atoms with E-state index in [1.165, 1.54) is 0 Å². The number of carbonyl (C=O) groups excluding carboxylic acids is 1. The molecule has 2 aromatic rings. The molecular formula is C15H17N3O. The summed E-state index contributed by atoms with van der Waals surface area (Å²) < 4.78 is 1.82. The van der Waals surface area contributed by atoms with Gasteiger partial charge in [-0.1, -0.05) is 18.2 Å². The molecule has 0 aromatic carbocycles. The topological polar surface area (TPSA) is 46.4 Å². The number of nitrogens with one attached hydrogen (secondary N) is 1. The van der Waals surface area contributed by atoms with E-state index in [1.807, 2.05) is 35.1 Å². The van der Waals surface area contributed by atoms with Crippen molar-refractivity contribution in [3.05, 3.63) is 48.3 Å². The summed E-state index contributed by atoms with van der Waals surface area (Å²) in [4.78, 5) is 12.1. The van der Waals surface area contributed by atoms with E-state index in [9.17, 15) is 4.79 Å². The van der Waals surface area contributed by atoms with Crippen molar-refractivity contribution in [2.24, 2.45) is 5.92 Å². The van der Waals surface area contributed by atoms with E-state index < -0.39 is 0 Å². The standard InChI is InChI=1S/C15H17N3O/c19-15(12-6-2-1-3-7-12)16-10-13-11-17-18-9-5-4-8-14(13)18/h1-2,4-5,8-9,11-12H,3,6-7,10H2,(H,16,19). The van der Waals surface area contributed by atoms with Gasteiger partial charge in [0.25, 0.3) is 0 Å². The molecule has 1 unspecified atom stereocenters. The van der Waals surface area contributed by atoms with Crippen molar-refractivity contribution in [2.75, 3.05) is 0 Å². The highest BCUT2D eigenvalue weighted by Gasteiger charge is 2.18. The Hall–Kier alpha value is -2.10. The second-order valence-electron chi connectivity index (χ2n) is 4.90. The van der Waals surface area contributed by atoms with Crippen LogP contribution in [-0.2, 0) is 11.3 Å². The first-order chi connectivity index (χ1) is 9.34.